The first-order valence-electron chi connectivity index (χ1n) is 7.03. The molecule has 2 heterocycles. The SMILES string of the molecule is CC(=O)OCC(COC(C)=O)OCN1C=NC2C(=O)NC(=N)N=C21. The molecule has 0 radical (unpaired) electrons. The fourth-order valence-electron chi connectivity index (χ4n) is 1.92. The summed E-state index contributed by atoms with van der Waals surface area (Å²) in [5.41, 5.74) is 0. The number of carbonyl (C=O) groups is 3. The number of aliphatic imine (C=N–C) groups is 2. The van der Waals surface area contributed by atoms with Crippen LogP contribution in [0.5, 0.6) is 0 Å². The predicted molar refractivity (Wildman–Crippen MR) is 80.4 cm³/mol. The standard InChI is InChI=1S/C13H17N5O6/c1-7(19)22-3-9(4-23-8(2)20)24-6-18-5-15-10-11(18)16-13(14)17-12(10)21/h5,9-10H,3-4,6H2,1-2H3,(H2,14,17,21). The minimum atomic E-state index is -0.817. The summed E-state index contributed by atoms with van der Waals surface area (Å²) in [6.45, 7) is 2.25. The van der Waals surface area contributed by atoms with Crippen molar-refractivity contribution in [2.75, 3.05) is 19.9 Å². The lowest BCUT2D eigenvalue weighted by molar-refractivity contribution is -0.153. The normalized spacial score (nSPS) is 19.0. The Hall–Kier alpha value is -2.82. The van der Waals surface area contributed by atoms with E-state index in [1.807, 2.05) is 0 Å². The van der Waals surface area contributed by atoms with Crippen molar-refractivity contribution < 1.29 is 28.6 Å². The molecule has 0 saturated heterocycles. The van der Waals surface area contributed by atoms with Crippen LogP contribution in [0.1, 0.15) is 13.8 Å². The van der Waals surface area contributed by atoms with Gasteiger partial charge in [-0.3, -0.25) is 35.0 Å². The molecule has 24 heavy (non-hydrogen) atoms. The summed E-state index contributed by atoms with van der Waals surface area (Å²) in [7, 11) is 0. The van der Waals surface area contributed by atoms with Gasteiger partial charge in [-0.05, 0) is 0 Å². The van der Waals surface area contributed by atoms with Gasteiger partial charge in [0.25, 0.3) is 5.91 Å². The van der Waals surface area contributed by atoms with E-state index in [-0.39, 0.29) is 31.7 Å². The third-order valence-corrected chi connectivity index (χ3v) is 3.00. The van der Waals surface area contributed by atoms with Crippen molar-refractivity contribution >= 4 is 36.0 Å². The van der Waals surface area contributed by atoms with Crippen LogP contribution >= 0.6 is 0 Å². The summed E-state index contributed by atoms with van der Waals surface area (Å²) in [6.07, 6.45) is 0.680. The molecular formula is C13H17N5O6. The van der Waals surface area contributed by atoms with Crippen LogP contribution in [0.25, 0.3) is 0 Å². The number of hydrogen-bond acceptors (Lipinski definition) is 9. The van der Waals surface area contributed by atoms with E-state index in [1.165, 1.54) is 25.1 Å². The smallest absolute Gasteiger partial charge is 0.302 e. The fourth-order valence-corrected chi connectivity index (χ4v) is 1.92. The van der Waals surface area contributed by atoms with Crippen LogP contribution in [0.3, 0.4) is 0 Å². The molecule has 11 nitrogen and oxygen atoms in total. The predicted octanol–water partition coefficient (Wildman–Crippen LogP) is -1.37. The summed E-state index contributed by atoms with van der Waals surface area (Å²) in [5.74, 6) is -1.44. The summed E-state index contributed by atoms with van der Waals surface area (Å²) in [5, 5.41) is 9.71. The van der Waals surface area contributed by atoms with Gasteiger partial charge in [-0.15, -0.1) is 0 Å². The Balaban J connectivity index is 1.94. The van der Waals surface area contributed by atoms with Gasteiger partial charge in [0, 0.05) is 13.8 Å². The van der Waals surface area contributed by atoms with E-state index < -0.39 is 30.0 Å². The third kappa shape index (κ3) is 4.59. The van der Waals surface area contributed by atoms with Crippen molar-refractivity contribution in [3.8, 4) is 0 Å². The van der Waals surface area contributed by atoms with Crippen molar-refractivity contribution in [2.24, 2.45) is 9.98 Å². The number of rotatable bonds is 7. The second-order valence-corrected chi connectivity index (χ2v) is 4.97. The van der Waals surface area contributed by atoms with E-state index in [1.54, 1.807) is 0 Å². The van der Waals surface area contributed by atoms with Crippen LogP contribution in [0.4, 0.5) is 0 Å². The number of carbonyl (C=O) groups excluding carboxylic acids is 3. The van der Waals surface area contributed by atoms with E-state index in [2.05, 4.69) is 15.3 Å². The summed E-state index contributed by atoms with van der Waals surface area (Å²) >= 11 is 0. The number of amides is 1. The fraction of sp³-hybridized carbons (Fsp3) is 0.538. The topological polar surface area (TPSA) is 143 Å². The van der Waals surface area contributed by atoms with Gasteiger partial charge in [0.1, 0.15) is 31.9 Å². The Labute approximate surface area is 137 Å². The highest BCUT2D eigenvalue weighted by molar-refractivity contribution is 6.23. The number of amidine groups is 1. The average molecular weight is 339 g/mol. The lowest BCUT2D eigenvalue weighted by Gasteiger charge is -2.24. The summed E-state index contributed by atoms with van der Waals surface area (Å²) in [4.78, 5) is 42.9. The lowest BCUT2D eigenvalue weighted by Crippen LogP contribution is -2.49. The second kappa shape index (κ2) is 7.64. The highest BCUT2D eigenvalue weighted by Gasteiger charge is 2.36. The second-order valence-electron chi connectivity index (χ2n) is 4.97. The Bertz CT molecular complexity index is 598. The molecule has 0 fully saturated rings. The maximum Gasteiger partial charge on any atom is 0.302 e. The van der Waals surface area contributed by atoms with Crippen LogP contribution < -0.4 is 5.32 Å². The highest BCUT2D eigenvalue weighted by Crippen LogP contribution is 2.12. The Morgan fingerprint density at radius 2 is 1.96 bits per heavy atom. The van der Waals surface area contributed by atoms with Crippen molar-refractivity contribution in [1.82, 2.24) is 10.2 Å². The van der Waals surface area contributed by atoms with E-state index in [4.69, 9.17) is 19.6 Å². The zero-order valence-electron chi connectivity index (χ0n) is 13.1. The van der Waals surface area contributed by atoms with Gasteiger partial charge in [0.2, 0.25) is 5.96 Å². The largest absolute Gasteiger partial charge is 0.463 e. The van der Waals surface area contributed by atoms with Gasteiger partial charge in [-0.25, -0.2) is 0 Å². The number of esters is 2. The van der Waals surface area contributed by atoms with E-state index in [9.17, 15) is 14.4 Å². The van der Waals surface area contributed by atoms with Gasteiger partial charge < -0.3 is 14.2 Å². The van der Waals surface area contributed by atoms with Crippen molar-refractivity contribution in [3.63, 3.8) is 0 Å². The van der Waals surface area contributed by atoms with Gasteiger partial charge in [-0.1, -0.05) is 0 Å². The molecule has 2 aliphatic rings. The van der Waals surface area contributed by atoms with Gasteiger partial charge in [0.05, 0.1) is 6.34 Å². The molecule has 0 aromatic heterocycles. The maximum absolute atomic E-state index is 11.7. The first kappa shape index (κ1) is 17.5. The lowest BCUT2D eigenvalue weighted by atomic mass is 10.2. The number of hydrogen-bond donors (Lipinski definition) is 2. The Morgan fingerprint density at radius 3 is 2.54 bits per heavy atom. The monoisotopic (exact) mass is 339 g/mol. The third-order valence-electron chi connectivity index (χ3n) is 3.00. The number of ether oxygens (including phenoxy) is 3. The van der Waals surface area contributed by atoms with Gasteiger partial charge in [-0.2, -0.15) is 4.99 Å². The molecule has 0 bridgehead atoms. The molecular weight excluding hydrogens is 322 g/mol. The quantitative estimate of drug-likeness (QED) is 0.545. The van der Waals surface area contributed by atoms with Crippen molar-refractivity contribution in [2.45, 2.75) is 26.0 Å². The van der Waals surface area contributed by atoms with Crippen LogP contribution in [0.2, 0.25) is 0 Å². The Kier molecular flexibility index (Phi) is 5.58. The average Bonchev–Trinajstić information content (AvgIpc) is 2.89. The van der Waals surface area contributed by atoms with Crippen LogP contribution in [-0.4, -0.2) is 73.0 Å². The number of guanidine groups is 1. The van der Waals surface area contributed by atoms with Crippen LogP contribution in [0.15, 0.2) is 9.98 Å². The molecule has 0 aromatic rings. The highest BCUT2D eigenvalue weighted by atomic mass is 16.6. The minimum absolute atomic E-state index is 0.0629. The summed E-state index contributed by atoms with van der Waals surface area (Å²) in [6, 6.07) is -0.817. The van der Waals surface area contributed by atoms with E-state index >= 15 is 0 Å². The first-order valence-corrected chi connectivity index (χ1v) is 7.03. The molecule has 2 aliphatic heterocycles. The molecule has 11 heteroatoms. The zero-order valence-corrected chi connectivity index (χ0v) is 13.1. The van der Waals surface area contributed by atoms with Gasteiger partial charge in [0.15, 0.2) is 6.04 Å². The number of nitrogens with one attached hydrogen (secondary N) is 2. The molecule has 2 rings (SSSR count). The minimum Gasteiger partial charge on any atom is -0.463 e. The molecule has 2 N–H and O–H groups in total. The molecule has 1 atom stereocenters. The van der Waals surface area contributed by atoms with Crippen LogP contribution in [-0.2, 0) is 28.6 Å². The zero-order chi connectivity index (χ0) is 17.7. The molecule has 130 valence electrons. The van der Waals surface area contributed by atoms with Crippen molar-refractivity contribution in [3.05, 3.63) is 0 Å². The van der Waals surface area contributed by atoms with E-state index in [0.29, 0.717) is 0 Å². The first-order chi connectivity index (χ1) is 11.4. The summed E-state index contributed by atoms with van der Waals surface area (Å²) < 4.78 is 15.3. The van der Waals surface area contributed by atoms with Crippen LogP contribution in [0, 0.1) is 5.41 Å². The van der Waals surface area contributed by atoms with E-state index in [0.717, 1.165) is 0 Å². The molecule has 0 aromatic carbocycles. The van der Waals surface area contributed by atoms with Crippen molar-refractivity contribution in [1.29, 1.82) is 5.41 Å². The van der Waals surface area contributed by atoms with Gasteiger partial charge >= 0.3 is 11.9 Å². The Morgan fingerprint density at radius 1 is 1.33 bits per heavy atom. The number of nitrogens with zero attached hydrogens (tertiary/aromatic N) is 3. The molecule has 1 amide bonds. The molecule has 1 unspecified atom stereocenters. The number of fused-ring (bicyclic) bond motifs is 1. The maximum atomic E-state index is 11.7. The molecule has 0 spiro atoms. The molecule has 0 saturated carbocycles. The molecule has 0 aliphatic carbocycles.